The van der Waals surface area contributed by atoms with Gasteiger partial charge in [-0.2, -0.15) is 0 Å². The molecule has 0 unspecified atom stereocenters. The summed E-state index contributed by atoms with van der Waals surface area (Å²) in [7, 11) is 0. The van der Waals surface area contributed by atoms with Crippen molar-refractivity contribution in [3.8, 4) is 0 Å². The van der Waals surface area contributed by atoms with Gasteiger partial charge in [-0.25, -0.2) is 0 Å². The van der Waals surface area contributed by atoms with Crippen LogP contribution in [0, 0.1) is 5.92 Å². The molecule has 0 spiro atoms. The van der Waals surface area contributed by atoms with E-state index in [1.165, 1.54) is 25.7 Å². The first-order valence-corrected chi connectivity index (χ1v) is 8.33. The van der Waals surface area contributed by atoms with Crippen LogP contribution in [-0.2, 0) is 16.1 Å². The minimum atomic E-state index is -0.217. The van der Waals surface area contributed by atoms with E-state index in [4.69, 9.17) is 4.42 Å². The lowest BCUT2D eigenvalue weighted by molar-refractivity contribution is -0.129. The predicted molar refractivity (Wildman–Crippen MR) is 81.9 cm³/mol. The molecule has 1 atom stereocenters. The third-order valence-corrected chi connectivity index (χ3v) is 4.71. The molecular formula is C17H24N2O3. The summed E-state index contributed by atoms with van der Waals surface area (Å²) in [6.07, 6.45) is 8.99. The smallest absolute Gasteiger partial charge is 0.225 e. The first-order chi connectivity index (χ1) is 10.7. The van der Waals surface area contributed by atoms with E-state index in [9.17, 15) is 9.59 Å². The molecule has 2 aliphatic rings. The van der Waals surface area contributed by atoms with Gasteiger partial charge >= 0.3 is 0 Å². The summed E-state index contributed by atoms with van der Waals surface area (Å²) in [6, 6.07) is 3.96. The Balaban J connectivity index is 1.52. The molecular weight excluding hydrogens is 280 g/mol. The maximum absolute atomic E-state index is 12.4. The monoisotopic (exact) mass is 304 g/mol. The first-order valence-electron chi connectivity index (χ1n) is 8.33. The highest BCUT2D eigenvalue weighted by molar-refractivity contribution is 5.89. The number of carbonyl (C=O) groups is 2. The van der Waals surface area contributed by atoms with Crippen molar-refractivity contribution in [1.29, 1.82) is 0 Å². The highest BCUT2D eigenvalue weighted by Crippen LogP contribution is 2.22. The van der Waals surface area contributed by atoms with Gasteiger partial charge < -0.3 is 14.6 Å². The lowest BCUT2D eigenvalue weighted by atomic mass is 10.0. The van der Waals surface area contributed by atoms with Gasteiger partial charge in [-0.05, 0) is 25.0 Å². The molecule has 0 bridgehead atoms. The molecule has 5 heteroatoms. The normalized spacial score (nSPS) is 23.5. The summed E-state index contributed by atoms with van der Waals surface area (Å²) in [5, 5.41) is 3.16. The number of nitrogens with one attached hydrogen (secondary N) is 1. The predicted octanol–water partition coefficient (Wildman–Crippen LogP) is 2.47. The maximum atomic E-state index is 12.4. The number of furan rings is 1. The van der Waals surface area contributed by atoms with E-state index in [0.29, 0.717) is 25.6 Å². The van der Waals surface area contributed by atoms with Crippen molar-refractivity contribution in [3.05, 3.63) is 24.2 Å². The molecule has 1 aromatic heterocycles. The zero-order valence-electron chi connectivity index (χ0n) is 12.9. The summed E-state index contributed by atoms with van der Waals surface area (Å²) in [4.78, 5) is 26.2. The average molecular weight is 304 g/mol. The van der Waals surface area contributed by atoms with E-state index < -0.39 is 0 Å². The molecule has 2 amide bonds. The number of carbonyl (C=O) groups excluding carboxylic acids is 2. The second-order valence-electron chi connectivity index (χ2n) is 6.45. The number of hydrogen-bond acceptors (Lipinski definition) is 3. The lowest BCUT2D eigenvalue weighted by Gasteiger charge is -2.19. The van der Waals surface area contributed by atoms with E-state index in [1.54, 1.807) is 11.2 Å². The molecule has 1 aliphatic heterocycles. The minimum Gasteiger partial charge on any atom is -0.467 e. The maximum Gasteiger partial charge on any atom is 0.225 e. The second kappa shape index (κ2) is 6.99. The topological polar surface area (TPSA) is 62.6 Å². The third-order valence-electron chi connectivity index (χ3n) is 4.71. The van der Waals surface area contributed by atoms with E-state index in [-0.39, 0.29) is 17.7 Å². The molecule has 2 fully saturated rings. The van der Waals surface area contributed by atoms with Crippen LogP contribution in [0.2, 0.25) is 0 Å². The van der Waals surface area contributed by atoms with Crippen molar-refractivity contribution in [2.24, 2.45) is 5.92 Å². The standard InChI is InChI=1S/C17H24N2O3/c20-16-10-13(11-19(16)12-15-8-5-9-22-15)17(21)18-14-6-3-1-2-4-7-14/h5,8-9,13-14H,1-4,6-7,10-12H2,(H,18,21)/t13-/m0/s1. The van der Waals surface area contributed by atoms with Gasteiger partial charge in [0.15, 0.2) is 0 Å². The number of nitrogens with zero attached hydrogens (tertiary/aromatic N) is 1. The molecule has 120 valence electrons. The molecule has 2 heterocycles. The Labute approximate surface area is 131 Å². The van der Waals surface area contributed by atoms with Gasteiger partial charge in [-0.3, -0.25) is 9.59 Å². The Hall–Kier alpha value is -1.78. The van der Waals surface area contributed by atoms with Crippen LogP contribution in [0.1, 0.15) is 50.7 Å². The largest absolute Gasteiger partial charge is 0.467 e. The van der Waals surface area contributed by atoms with Gasteiger partial charge in [0.25, 0.3) is 0 Å². The molecule has 1 aromatic rings. The minimum absolute atomic E-state index is 0.0393. The fourth-order valence-electron chi connectivity index (χ4n) is 3.43. The van der Waals surface area contributed by atoms with E-state index >= 15 is 0 Å². The quantitative estimate of drug-likeness (QED) is 0.869. The molecule has 5 nitrogen and oxygen atoms in total. The zero-order chi connectivity index (χ0) is 15.4. The molecule has 1 aliphatic carbocycles. The van der Waals surface area contributed by atoms with Crippen molar-refractivity contribution >= 4 is 11.8 Å². The first kappa shape index (κ1) is 15.1. The number of hydrogen-bond donors (Lipinski definition) is 1. The van der Waals surface area contributed by atoms with Crippen LogP contribution in [0.3, 0.4) is 0 Å². The summed E-state index contributed by atoms with van der Waals surface area (Å²) < 4.78 is 5.28. The van der Waals surface area contributed by atoms with Crippen molar-refractivity contribution in [1.82, 2.24) is 10.2 Å². The Kier molecular flexibility index (Phi) is 4.80. The Morgan fingerprint density at radius 2 is 2.05 bits per heavy atom. The number of rotatable bonds is 4. The van der Waals surface area contributed by atoms with Crippen LogP contribution in [0.4, 0.5) is 0 Å². The van der Waals surface area contributed by atoms with Gasteiger partial charge in [-0.15, -0.1) is 0 Å². The van der Waals surface area contributed by atoms with Crippen molar-refractivity contribution in [2.45, 2.75) is 57.5 Å². The molecule has 0 radical (unpaired) electrons. The second-order valence-corrected chi connectivity index (χ2v) is 6.45. The van der Waals surface area contributed by atoms with E-state index in [2.05, 4.69) is 5.32 Å². The van der Waals surface area contributed by atoms with Gasteiger partial charge in [0, 0.05) is 19.0 Å². The van der Waals surface area contributed by atoms with Crippen LogP contribution >= 0.6 is 0 Å². The fourth-order valence-corrected chi connectivity index (χ4v) is 3.43. The Morgan fingerprint density at radius 3 is 2.73 bits per heavy atom. The van der Waals surface area contributed by atoms with Crippen molar-refractivity contribution in [3.63, 3.8) is 0 Å². The van der Waals surface area contributed by atoms with Crippen LogP contribution in [-0.4, -0.2) is 29.3 Å². The Bertz CT molecular complexity index is 504. The molecule has 1 saturated heterocycles. The highest BCUT2D eigenvalue weighted by atomic mass is 16.3. The van der Waals surface area contributed by atoms with Crippen molar-refractivity contribution < 1.29 is 14.0 Å². The Morgan fingerprint density at radius 1 is 1.27 bits per heavy atom. The van der Waals surface area contributed by atoms with Gasteiger partial charge in [0.1, 0.15) is 5.76 Å². The summed E-state index contributed by atoms with van der Waals surface area (Å²) in [6.45, 7) is 0.955. The summed E-state index contributed by atoms with van der Waals surface area (Å²) >= 11 is 0. The fraction of sp³-hybridized carbons (Fsp3) is 0.647. The van der Waals surface area contributed by atoms with Crippen LogP contribution in [0.15, 0.2) is 22.8 Å². The highest BCUT2D eigenvalue weighted by Gasteiger charge is 2.35. The van der Waals surface area contributed by atoms with Gasteiger partial charge in [0.2, 0.25) is 11.8 Å². The van der Waals surface area contributed by atoms with Gasteiger partial charge in [-0.1, -0.05) is 25.7 Å². The average Bonchev–Trinajstić information content (AvgIpc) is 3.05. The molecule has 3 rings (SSSR count). The molecule has 0 aromatic carbocycles. The number of likely N-dealkylation sites (tertiary alicyclic amines) is 1. The van der Waals surface area contributed by atoms with Crippen LogP contribution < -0.4 is 5.32 Å². The van der Waals surface area contributed by atoms with Gasteiger partial charge in [0.05, 0.1) is 18.7 Å². The van der Waals surface area contributed by atoms with Crippen LogP contribution in [0.5, 0.6) is 0 Å². The lowest BCUT2D eigenvalue weighted by Crippen LogP contribution is -2.39. The molecule has 1 N–H and O–H groups in total. The molecule has 1 saturated carbocycles. The van der Waals surface area contributed by atoms with E-state index in [1.807, 2.05) is 12.1 Å². The van der Waals surface area contributed by atoms with E-state index in [0.717, 1.165) is 18.6 Å². The summed E-state index contributed by atoms with van der Waals surface area (Å²) in [5.74, 6) is 0.628. The third kappa shape index (κ3) is 3.70. The van der Waals surface area contributed by atoms with Crippen LogP contribution in [0.25, 0.3) is 0 Å². The number of amides is 2. The zero-order valence-corrected chi connectivity index (χ0v) is 12.9. The molecule has 22 heavy (non-hydrogen) atoms. The SMILES string of the molecule is O=C(NC1CCCCCC1)[C@H]1CC(=O)N(Cc2ccco2)C1. The van der Waals surface area contributed by atoms with Crippen molar-refractivity contribution in [2.75, 3.05) is 6.54 Å². The summed E-state index contributed by atoms with van der Waals surface area (Å²) in [5.41, 5.74) is 0.